The lowest BCUT2D eigenvalue weighted by Gasteiger charge is -2.35. The maximum Gasteiger partial charge on any atom is 0.308 e. The zero-order valence-electron chi connectivity index (χ0n) is 27.4. The molecule has 11 heteroatoms. The average Bonchev–Trinajstić information content (AvgIpc) is 3.48. The molecule has 2 amide bonds. The Morgan fingerprint density at radius 1 is 1.05 bits per heavy atom. The molecule has 1 aromatic heterocycles. The molecule has 0 saturated heterocycles. The van der Waals surface area contributed by atoms with Gasteiger partial charge in [-0.15, -0.1) is 11.3 Å². The number of hydrogen-bond acceptors (Lipinski definition) is 9. The van der Waals surface area contributed by atoms with E-state index in [0.717, 1.165) is 12.0 Å². The number of esters is 2. The zero-order valence-corrected chi connectivity index (χ0v) is 28.2. The predicted octanol–water partition coefficient (Wildman–Crippen LogP) is 4.92. The Morgan fingerprint density at radius 3 is 2.27 bits per heavy atom. The van der Waals surface area contributed by atoms with Crippen molar-refractivity contribution in [1.29, 1.82) is 0 Å². The van der Waals surface area contributed by atoms with E-state index in [9.17, 15) is 19.2 Å². The van der Waals surface area contributed by atoms with Crippen molar-refractivity contribution >= 4 is 35.1 Å². The normalized spacial score (nSPS) is 15.4. The number of ether oxygens (including phenoxy) is 2. The monoisotopic (exact) mass is 630 g/mol. The molecule has 2 rings (SSSR count). The first kappa shape index (κ1) is 36.9. The van der Waals surface area contributed by atoms with E-state index in [2.05, 4.69) is 10.3 Å². The van der Waals surface area contributed by atoms with Crippen LogP contribution in [0.25, 0.3) is 0 Å². The van der Waals surface area contributed by atoms with E-state index < -0.39 is 29.9 Å². The van der Waals surface area contributed by atoms with Gasteiger partial charge in [-0.05, 0) is 37.2 Å². The Hall–Kier alpha value is -3.31. The average molecular weight is 631 g/mol. The first-order valence-corrected chi connectivity index (χ1v) is 16.3. The number of carbonyl (C=O) groups excluding carboxylic acids is 4. The highest BCUT2D eigenvalue weighted by atomic mass is 32.1. The van der Waals surface area contributed by atoms with E-state index in [1.54, 1.807) is 31.2 Å². The number of aromatic nitrogens is 1. The number of carbonyl (C=O) groups is 4. The van der Waals surface area contributed by atoms with Crippen molar-refractivity contribution in [3.05, 3.63) is 52.0 Å². The second-order valence-corrected chi connectivity index (χ2v) is 12.7. The Kier molecular flexibility index (Phi) is 15.0. The molecule has 0 aliphatic carbocycles. The quantitative estimate of drug-likeness (QED) is 0.235. The topological polar surface area (TPSA) is 141 Å². The summed E-state index contributed by atoms with van der Waals surface area (Å²) in [6, 6.07) is 8.46. The maximum absolute atomic E-state index is 13.4. The van der Waals surface area contributed by atoms with Gasteiger partial charge in [-0.3, -0.25) is 19.2 Å². The number of nitrogens with one attached hydrogen (secondary N) is 1. The Bertz CT molecular complexity index is 1220. The molecule has 3 N–H and O–H groups in total. The Labute approximate surface area is 266 Å². The molecule has 0 unspecified atom stereocenters. The summed E-state index contributed by atoms with van der Waals surface area (Å²) in [5.41, 5.74) is 7.47. The predicted molar refractivity (Wildman–Crippen MR) is 172 cm³/mol. The molecular formula is C33H50N4O6S. The number of rotatable bonds is 17. The van der Waals surface area contributed by atoms with Crippen LogP contribution in [0, 0.1) is 17.8 Å². The minimum atomic E-state index is -0.759. The number of nitrogens with zero attached hydrogens (tertiary/aromatic N) is 2. The van der Waals surface area contributed by atoms with Crippen molar-refractivity contribution in [1.82, 2.24) is 15.2 Å². The van der Waals surface area contributed by atoms with Gasteiger partial charge in [-0.1, -0.05) is 71.4 Å². The van der Waals surface area contributed by atoms with Gasteiger partial charge in [0.2, 0.25) is 5.91 Å². The van der Waals surface area contributed by atoms with Gasteiger partial charge in [-0.2, -0.15) is 0 Å². The van der Waals surface area contributed by atoms with E-state index >= 15 is 0 Å². The van der Waals surface area contributed by atoms with Crippen LogP contribution < -0.4 is 11.1 Å². The zero-order chi connectivity index (χ0) is 33.0. The Balaban J connectivity index is 2.27. The van der Waals surface area contributed by atoms with Crippen LogP contribution in [0.4, 0.5) is 0 Å². The maximum atomic E-state index is 13.4. The van der Waals surface area contributed by atoms with E-state index in [-0.39, 0.29) is 48.1 Å². The van der Waals surface area contributed by atoms with Crippen LogP contribution in [0.2, 0.25) is 0 Å². The third-order valence-corrected chi connectivity index (χ3v) is 8.87. The molecule has 44 heavy (non-hydrogen) atoms. The molecule has 10 nitrogen and oxygen atoms in total. The highest BCUT2D eigenvalue weighted by Crippen LogP contribution is 2.31. The number of amides is 2. The van der Waals surface area contributed by atoms with Crippen molar-refractivity contribution in [2.75, 3.05) is 13.7 Å². The highest BCUT2D eigenvalue weighted by molar-refractivity contribution is 7.09. The van der Waals surface area contributed by atoms with E-state index in [1.165, 1.54) is 18.3 Å². The van der Waals surface area contributed by atoms with Crippen molar-refractivity contribution in [2.24, 2.45) is 23.5 Å². The molecule has 2 aromatic rings. The minimum Gasteiger partial charge on any atom is -0.466 e. The van der Waals surface area contributed by atoms with Crippen molar-refractivity contribution < 1.29 is 28.7 Å². The fraction of sp³-hybridized carbons (Fsp3) is 0.606. The lowest BCUT2D eigenvalue weighted by Crippen LogP contribution is -2.51. The van der Waals surface area contributed by atoms with Gasteiger partial charge in [0.1, 0.15) is 10.7 Å². The molecule has 0 radical (unpaired) electrons. The highest BCUT2D eigenvalue weighted by Gasteiger charge is 2.33. The summed E-state index contributed by atoms with van der Waals surface area (Å²) in [7, 11) is 1.73. The SMILES string of the molecule is CCOC(=O)[C@@H](C)C[C@H](Cc1ccccc1)NC(=O)c1csc([C@@H](C[C@H](C(C)C)N(C)C(=O)[C@@H](N)[C@@H](C)CC)OC(C)=O)n1. The van der Waals surface area contributed by atoms with Crippen LogP contribution in [-0.2, 0) is 30.3 Å². The standard InChI is InChI=1S/C33H50N4O6S/c1-9-21(5)29(34)32(40)37(8)27(20(3)4)18-28(43-23(7)38)31-36-26(19-44-31)30(39)35-25(16-22(6)33(41)42-10-2)17-24-14-12-11-13-15-24/h11-15,19-22,25,27-29H,9-10,16-18,34H2,1-8H3,(H,35,39)/t21-,22-,25+,27+,28+,29-/m0/s1. The molecule has 0 aliphatic heterocycles. The summed E-state index contributed by atoms with van der Waals surface area (Å²) < 4.78 is 10.9. The molecular weight excluding hydrogens is 580 g/mol. The van der Waals surface area contributed by atoms with E-state index in [1.807, 2.05) is 58.0 Å². The van der Waals surface area contributed by atoms with Gasteiger partial charge in [0.15, 0.2) is 6.10 Å². The lowest BCUT2D eigenvalue weighted by atomic mass is 9.93. The van der Waals surface area contributed by atoms with Crippen LogP contribution in [0.5, 0.6) is 0 Å². The van der Waals surface area contributed by atoms with Crippen LogP contribution in [0.3, 0.4) is 0 Å². The number of benzene rings is 1. The molecule has 0 saturated carbocycles. The first-order chi connectivity index (χ1) is 20.8. The van der Waals surface area contributed by atoms with E-state index in [4.69, 9.17) is 15.2 Å². The largest absolute Gasteiger partial charge is 0.466 e. The molecule has 0 fully saturated rings. The molecule has 1 aromatic carbocycles. The van der Waals surface area contributed by atoms with Crippen molar-refractivity contribution in [3.63, 3.8) is 0 Å². The molecule has 0 spiro atoms. The summed E-state index contributed by atoms with van der Waals surface area (Å²) in [5, 5.41) is 5.14. The van der Waals surface area contributed by atoms with Crippen LogP contribution in [0.1, 0.15) is 94.9 Å². The lowest BCUT2D eigenvalue weighted by molar-refractivity contribution is -0.149. The number of nitrogens with two attached hydrogens (primary N) is 1. The van der Waals surface area contributed by atoms with Crippen molar-refractivity contribution in [2.45, 2.75) is 98.4 Å². The fourth-order valence-electron chi connectivity index (χ4n) is 5.09. The van der Waals surface area contributed by atoms with Crippen LogP contribution in [0.15, 0.2) is 35.7 Å². The molecule has 6 atom stereocenters. The van der Waals surface area contributed by atoms with Gasteiger partial charge < -0.3 is 25.4 Å². The fourth-order valence-corrected chi connectivity index (χ4v) is 5.93. The second kappa shape index (κ2) is 17.9. The summed E-state index contributed by atoms with van der Waals surface area (Å²) in [4.78, 5) is 57.3. The van der Waals surface area contributed by atoms with Gasteiger partial charge in [-0.25, -0.2) is 4.98 Å². The summed E-state index contributed by atoms with van der Waals surface area (Å²) in [5.74, 6) is -1.71. The third kappa shape index (κ3) is 11.0. The second-order valence-electron chi connectivity index (χ2n) is 11.8. The summed E-state index contributed by atoms with van der Waals surface area (Å²) >= 11 is 1.22. The minimum absolute atomic E-state index is 0.0213. The number of thiazole rings is 1. The van der Waals surface area contributed by atoms with Gasteiger partial charge >= 0.3 is 11.9 Å². The van der Waals surface area contributed by atoms with Gasteiger partial charge in [0.05, 0.1) is 18.6 Å². The molecule has 244 valence electrons. The third-order valence-electron chi connectivity index (χ3n) is 7.94. The smallest absolute Gasteiger partial charge is 0.308 e. The van der Waals surface area contributed by atoms with E-state index in [0.29, 0.717) is 24.3 Å². The summed E-state index contributed by atoms with van der Waals surface area (Å²) in [6.45, 7) is 13.1. The van der Waals surface area contributed by atoms with Crippen LogP contribution >= 0.6 is 11.3 Å². The van der Waals surface area contributed by atoms with Gasteiger partial charge in [0, 0.05) is 37.9 Å². The Morgan fingerprint density at radius 2 is 1.70 bits per heavy atom. The molecule has 0 bridgehead atoms. The van der Waals surface area contributed by atoms with Gasteiger partial charge in [0.25, 0.3) is 5.91 Å². The molecule has 1 heterocycles. The number of likely N-dealkylation sites (N-methyl/N-ethyl adjacent to an activating group) is 1. The number of hydrogen-bond donors (Lipinski definition) is 2. The molecule has 0 aliphatic rings. The van der Waals surface area contributed by atoms with Crippen molar-refractivity contribution in [3.8, 4) is 0 Å². The first-order valence-electron chi connectivity index (χ1n) is 15.4. The summed E-state index contributed by atoms with van der Waals surface area (Å²) in [6.07, 6.45) is 1.24. The van der Waals surface area contributed by atoms with Crippen LogP contribution in [-0.4, -0.2) is 65.4 Å².